The summed E-state index contributed by atoms with van der Waals surface area (Å²) in [5.41, 5.74) is 6.03. The normalized spacial score (nSPS) is 21.3. The van der Waals surface area contributed by atoms with E-state index in [1.54, 1.807) is 22.6 Å². The molecule has 1 saturated heterocycles. The molecular weight excluding hydrogens is 276 g/mol. The molecule has 1 aliphatic rings. The highest BCUT2D eigenvalue weighted by molar-refractivity contribution is 7.89. The van der Waals surface area contributed by atoms with Gasteiger partial charge in [0, 0.05) is 31.9 Å². The molecule has 0 saturated carbocycles. The number of hydrogen-bond acceptors (Lipinski definition) is 5. The molecule has 0 radical (unpaired) electrons. The van der Waals surface area contributed by atoms with Crippen LogP contribution in [-0.2, 0) is 16.6 Å². The molecule has 7 heteroatoms. The molecule has 112 valence electrons. The average molecular weight is 298 g/mol. The van der Waals surface area contributed by atoms with E-state index in [-0.39, 0.29) is 17.5 Å². The highest BCUT2D eigenvalue weighted by Gasteiger charge is 2.32. The number of pyridine rings is 1. The molecule has 1 aliphatic heterocycles. The van der Waals surface area contributed by atoms with Crippen molar-refractivity contribution in [3.05, 3.63) is 24.0 Å². The maximum Gasteiger partial charge on any atom is 0.244 e. The Labute approximate surface area is 120 Å². The van der Waals surface area contributed by atoms with Crippen LogP contribution in [-0.4, -0.2) is 55.8 Å². The number of rotatable bonds is 4. The topological polar surface area (TPSA) is 79.5 Å². The van der Waals surface area contributed by atoms with Crippen LogP contribution < -0.4 is 5.73 Å². The summed E-state index contributed by atoms with van der Waals surface area (Å²) in [7, 11) is 0.458. The molecule has 2 rings (SSSR count). The van der Waals surface area contributed by atoms with Crippen molar-refractivity contribution in [1.82, 2.24) is 14.2 Å². The zero-order chi connectivity index (χ0) is 14.8. The SMILES string of the molecule is CN(C)C1CCCN(S(=O)(=O)c2cccnc2CN)C1. The third-order valence-electron chi connectivity index (χ3n) is 3.75. The first-order valence-corrected chi connectivity index (χ1v) is 8.21. The molecule has 0 aliphatic carbocycles. The van der Waals surface area contributed by atoms with E-state index in [0.29, 0.717) is 18.8 Å². The first-order chi connectivity index (χ1) is 9.46. The van der Waals surface area contributed by atoms with Gasteiger partial charge in [0.1, 0.15) is 4.90 Å². The van der Waals surface area contributed by atoms with Gasteiger partial charge in [-0.25, -0.2) is 8.42 Å². The summed E-state index contributed by atoms with van der Waals surface area (Å²) in [6.07, 6.45) is 3.47. The van der Waals surface area contributed by atoms with Crippen molar-refractivity contribution in [2.75, 3.05) is 27.2 Å². The minimum Gasteiger partial charge on any atom is -0.325 e. The van der Waals surface area contributed by atoms with Crippen molar-refractivity contribution in [1.29, 1.82) is 0 Å². The van der Waals surface area contributed by atoms with Crippen LogP contribution in [0.25, 0.3) is 0 Å². The van der Waals surface area contributed by atoms with E-state index in [1.807, 2.05) is 14.1 Å². The molecule has 0 amide bonds. The second kappa shape index (κ2) is 6.17. The van der Waals surface area contributed by atoms with Crippen LogP contribution in [0.5, 0.6) is 0 Å². The lowest BCUT2D eigenvalue weighted by Gasteiger charge is -2.35. The van der Waals surface area contributed by atoms with Crippen molar-refractivity contribution < 1.29 is 8.42 Å². The van der Waals surface area contributed by atoms with Crippen LogP contribution >= 0.6 is 0 Å². The number of likely N-dealkylation sites (N-methyl/N-ethyl adjacent to an activating group) is 1. The Morgan fingerprint density at radius 2 is 2.25 bits per heavy atom. The molecule has 0 spiro atoms. The maximum absolute atomic E-state index is 12.7. The first kappa shape index (κ1) is 15.4. The molecule has 1 unspecified atom stereocenters. The van der Waals surface area contributed by atoms with Crippen molar-refractivity contribution in [3.63, 3.8) is 0 Å². The number of nitrogens with two attached hydrogens (primary N) is 1. The number of piperidine rings is 1. The second-order valence-corrected chi connectivity index (χ2v) is 7.18. The molecule has 20 heavy (non-hydrogen) atoms. The second-order valence-electron chi connectivity index (χ2n) is 5.28. The molecule has 1 fully saturated rings. The lowest BCUT2D eigenvalue weighted by molar-refractivity contribution is 0.190. The van der Waals surface area contributed by atoms with Crippen LogP contribution in [0.2, 0.25) is 0 Å². The van der Waals surface area contributed by atoms with E-state index in [0.717, 1.165) is 12.8 Å². The number of nitrogens with zero attached hydrogens (tertiary/aromatic N) is 3. The van der Waals surface area contributed by atoms with Crippen molar-refractivity contribution >= 4 is 10.0 Å². The molecule has 2 N–H and O–H groups in total. The van der Waals surface area contributed by atoms with Gasteiger partial charge >= 0.3 is 0 Å². The van der Waals surface area contributed by atoms with E-state index in [4.69, 9.17) is 5.73 Å². The van der Waals surface area contributed by atoms with E-state index in [1.165, 1.54) is 0 Å². The molecule has 0 bridgehead atoms. The minimum atomic E-state index is -3.51. The summed E-state index contributed by atoms with van der Waals surface area (Å²) in [6, 6.07) is 3.49. The standard InChI is InChI=1S/C13H22N4O2S/c1-16(2)11-5-4-8-17(10-11)20(18,19)13-6-3-7-15-12(13)9-14/h3,6-7,11H,4-5,8-10,14H2,1-2H3. The first-order valence-electron chi connectivity index (χ1n) is 6.77. The highest BCUT2D eigenvalue weighted by Crippen LogP contribution is 2.23. The van der Waals surface area contributed by atoms with Gasteiger partial charge in [-0.15, -0.1) is 0 Å². The predicted molar refractivity (Wildman–Crippen MR) is 77.6 cm³/mol. The van der Waals surface area contributed by atoms with E-state index >= 15 is 0 Å². The van der Waals surface area contributed by atoms with Gasteiger partial charge in [-0.1, -0.05) is 0 Å². The fraction of sp³-hybridized carbons (Fsp3) is 0.615. The van der Waals surface area contributed by atoms with Crippen molar-refractivity contribution in [2.45, 2.75) is 30.3 Å². The number of aromatic nitrogens is 1. The Morgan fingerprint density at radius 3 is 2.90 bits per heavy atom. The lowest BCUT2D eigenvalue weighted by atomic mass is 10.1. The number of sulfonamides is 1. The molecule has 1 aromatic heterocycles. The summed E-state index contributed by atoms with van der Waals surface area (Å²) < 4.78 is 27.0. The van der Waals surface area contributed by atoms with Gasteiger partial charge in [-0.3, -0.25) is 4.98 Å². The van der Waals surface area contributed by atoms with Crippen LogP contribution in [0.15, 0.2) is 23.2 Å². The molecule has 1 atom stereocenters. The van der Waals surface area contributed by atoms with Gasteiger partial charge in [-0.2, -0.15) is 4.31 Å². The van der Waals surface area contributed by atoms with Crippen LogP contribution in [0.3, 0.4) is 0 Å². The Kier molecular flexibility index (Phi) is 4.74. The quantitative estimate of drug-likeness (QED) is 0.862. The van der Waals surface area contributed by atoms with Crippen molar-refractivity contribution in [3.8, 4) is 0 Å². The van der Waals surface area contributed by atoms with Gasteiger partial charge in [-0.05, 0) is 39.1 Å². The largest absolute Gasteiger partial charge is 0.325 e. The Balaban J connectivity index is 2.30. The Morgan fingerprint density at radius 1 is 1.50 bits per heavy atom. The maximum atomic E-state index is 12.7. The fourth-order valence-corrected chi connectivity index (χ4v) is 4.21. The van der Waals surface area contributed by atoms with Gasteiger partial charge < -0.3 is 10.6 Å². The molecule has 0 aromatic carbocycles. The molecule has 1 aromatic rings. The molecule has 2 heterocycles. The van der Waals surface area contributed by atoms with Crippen LogP contribution in [0, 0.1) is 0 Å². The predicted octanol–water partition coefficient (Wildman–Crippen LogP) is 0.255. The summed E-state index contributed by atoms with van der Waals surface area (Å²) in [4.78, 5) is 6.39. The summed E-state index contributed by atoms with van der Waals surface area (Å²) in [5, 5.41) is 0. The number of hydrogen-bond donors (Lipinski definition) is 1. The summed E-state index contributed by atoms with van der Waals surface area (Å²) in [5.74, 6) is 0. The zero-order valence-corrected chi connectivity index (χ0v) is 12.8. The van der Waals surface area contributed by atoms with E-state index < -0.39 is 10.0 Å². The lowest BCUT2D eigenvalue weighted by Crippen LogP contribution is -2.47. The third kappa shape index (κ3) is 3.01. The smallest absolute Gasteiger partial charge is 0.244 e. The average Bonchev–Trinajstić information content (AvgIpc) is 2.47. The molecular formula is C13H22N4O2S. The highest BCUT2D eigenvalue weighted by atomic mass is 32.2. The van der Waals surface area contributed by atoms with Crippen LogP contribution in [0.4, 0.5) is 0 Å². The van der Waals surface area contributed by atoms with E-state index in [2.05, 4.69) is 9.88 Å². The zero-order valence-electron chi connectivity index (χ0n) is 12.0. The fourth-order valence-electron chi connectivity index (χ4n) is 2.51. The summed E-state index contributed by atoms with van der Waals surface area (Å²) in [6.45, 7) is 1.21. The minimum absolute atomic E-state index is 0.125. The van der Waals surface area contributed by atoms with Gasteiger partial charge in [0.15, 0.2) is 0 Å². The Bertz CT molecular complexity index is 559. The molecule has 6 nitrogen and oxygen atoms in total. The van der Waals surface area contributed by atoms with E-state index in [9.17, 15) is 8.42 Å². The van der Waals surface area contributed by atoms with Gasteiger partial charge in [0.05, 0.1) is 5.69 Å². The van der Waals surface area contributed by atoms with Crippen molar-refractivity contribution in [2.24, 2.45) is 5.73 Å². The summed E-state index contributed by atoms with van der Waals surface area (Å²) >= 11 is 0. The van der Waals surface area contributed by atoms with Gasteiger partial charge in [0.25, 0.3) is 0 Å². The Hall–Kier alpha value is -1.02. The van der Waals surface area contributed by atoms with Gasteiger partial charge in [0.2, 0.25) is 10.0 Å². The monoisotopic (exact) mass is 298 g/mol. The van der Waals surface area contributed by atoms with Crippen LogP contribution in [0.1, 0.15) is 18.5 Å². The third-order valence-corrected chi connectivity index (χ3v) is 5.69.